The van der Waals surface area contributed by atoms with E-state index in [9.17, 15) is 9.59 Å². The third-order valence-corrected chi connectivity index (χ3v) is 4.05. The van der Waals surface area contributed by atoms with E-state index < -0.39 is 6.03 Å². The molecule has 8 heteroatoms. The van der Waals surface area contributed by atoms with E-state index in [0.29, 0.717) is 36.1 Å². The summed E-state index contributed by atoms with van der Waals surface area (Å²) in [5.41, 5.74) is 6.13. The summed E-state index contributed by atoms with van der Waals surface area (Å²) in [7, 11) is 0. The lowest BCUT2D eigenvalue weighted by Gasteiger charge is -2.30. The average Bonchev–Trinajstić information content (AvgIpc) is 3.00. The van der Waals surface area contributed by atoms with Crippen LogP contribution in [0.15, 0.2) is 28.8 Å². The van der Waals surface area contributed by atoms with Crippen LogP contribution in [0.25, 0.3) is 0 Å². The van der Waals surface area contributed by atoms with Gasteiger partial charge in [-0.1, -0.05) is 11.2 Å². The molecule has 0 aliphatic carbocycles. The number of anilines is 1. The number of likely N-dealkylation sites (tertiary alicyclic amines) is 1. The predicted octanol–water partition coefficient (Wildman–Crippen LogP) is 1.89. The molecule has 24 heavy (non-hydrogen) atoms. The quantitative estimate of drug-likeness (QED) is 0.892. The van der Waals surface area contributed by atoms with Crippen LogP contribution in [0.2, 0.25) is 0 Å². The lowest BCUT2D eigenvalue weighted by Crippen LogP contribution is -2.38. The molecule has 1 fully saturated rings. The van der Waals surface area contributed by atoms with Crippen LogP contribution >= 0.6 is 0 Å². The number of primary amides is 1. The molecule has 0 radical (unpaired) electrons. The van der Waals surface area contributed by atoms with E-state index in [-0.39, 0.29) is 11.8 Å². The summed E-state index contributed by atoms with van der Waals surface area (Å²) in [6.45, 7) is 3.04. The molecule has 0 spiro atoms. The number of aromatic nitrogens is 2. The Morgan fingerprint density at radius 2 is 2.08 bits per heavy atom. The average molecular weight is 329 g/mol. The molecule has 1 saturated heterocycles. The summed E-state index contributed by atoms with van der Waals surface area (Å²) < 4.78 is 5.22. The Kier molecular flexibility index (Phi) is 4.45. The first-order chi connectivity index (χ1) is 11.5. The molecule has 2 aromatic rings. The van der Waals surface area contributed by atoms with Crippen molar-refractivity contribution in [2.75, 3.05) is 18.4 Å². The Bertz CT molecular complexity index is 750. The molecule has 0 atom stereocenters. The zero-order chi connectivity index (χ0) is 17.1. The van der Waals surface area contributed by atoms with E-state index in [0.717, 1.165) is 12.8 Å². The van der Waals surface area contributed by atoms with Gasteiger partial charge in [0.15, 0.2) is 5.82 Å². The summed E-state index contributed by atoms with van der Waals surface area (Å²) in [5.74, 6) is 1.40. The highest BCUT2D eigenvalue weighted by Crippen LogP contribution is 2.27. The molecule has 1 aromatic heterocycles. The van der Waals surface area contributed by atoms with Crippen LogP contribution in [0.3, 0.4) is 0 Å². The van der Waals surface area contributed by atoms with Gasteiger partial charge in [-0.2, -0.15) is 4.98 Å². The van der Waals surface area contributed by atoms with Crippen molar-refractivity contribution < 1.29 is 14.1 Å². The molecule has 0 unspecified atom stereocenters. The van der Waals surface area contributed by atoms with Crippen LogP contribution in [0, 0.1) is 6.92 Å². The SMILES string of the molecule is Cc1noc(C2CCN(C(=O)c3cccc(NC(N)=O)c3)CC2)n1. The highest BCUT2D eigenvalue weighted by atomic mass is 16.5. The van der Waals surface area contributed by atoms with Gasteiger partial charge in [-0.25, -0.2) is 4.79 Å². The summed E-state index contributed by atoms with van der Waals surface area (Å²) in [6.07, 6.45) is 1.57. The van der Waals surface area contributed by atoms with Crippen molar-refractivity contribution in [3.8, 4) is 0 Å². The van der Waals surface area contributed by atoms with Crippen LogP contribution in [0.5, 0.6) is 0 Å². The van der Waals surface area contributed by atoms with Crippen molar-refractivity contribution >= 4 is 17.6 Å². The molecule has 1 aliphatic rings. The van der Waals surface area contributed by atoms with Crippen molar-refractivity contribution in [1.82, 2.24) is 15.0 Å². The lowest BCUT2D eigenvalue weighted by atomic mass is 9.96. The second-order valence-electron chi connectivity index (χ2n) is 5.82. The summed E-state index contributed by atoms with van der Waals surface area (Å²) in [5, 5.41) is 6.29. The number of benzene rings is 1. The largest absolute Gasteiger partial charge is 0.351 e. The number of urea groups is 1. The van der Waals surface area contributed by atoms with Crippen molar-refractivity contribution in [2.45, 2.75) is 25.7 Å². The van der Waals surface area contributed by atoms with Gasteiger partial charge in [0.1, 0.15) is 0 Å². The first kappa shape index (κ1) is 16.0. The number of rotatable bonds is 3. The first-order valence-corrected chi connectivity index (χ1v) is 7.79. The van der Waals surface area contributed by atoms with Gasteiger partial charge in [0, 0.05) is 30.3 Å². The number of carbonyl (C=O) groups excluding carboxylic acids is 2. The van der Waals surface area contributed by atoms with E-state index in [4.69, 9.17) is 10.3 Å². The first-order valence-electron chi connectivity index (χ1n) is 7.79. The van der Waals surface area contributed by atoms with Crippen LogP contribution in [0.1, 0.15) is 40.8 Å². The van der Waals surface area contributed by atoms with Gasteiger partial charge >= 0.3 is 6.03 Å². The molecule has 3 rings (SSSR count). The van der Waals surface area contributed by atoms with Gasteiger partial charge in [0.05, 0.1) is 0 Å². The topological polar surface area (TPSA) is 114 Å². The zero-order valence-electron chi connectivity index (χ0n) is 13.4. The minimum atomic E-state index is -0.657. The van der Waals surface area contributed by atoms with E-state index in [2.05, 4.69) is 15.5 Å². The molecule has 1 aromatic carbocycles. The number of carbonyl (C=O) groups is 2. The van der Waals surface area contributed by atoms with Crippen molar-refractivity contribution in [1.29, 1.82) is 0 Å². The number of hydrogen-bond acceptors (Lipinski definition) is 5. The summed E-state index contributed by atoms with van der Waals surface area (Å²) >= 11 is 0. The predicted molar refractivity (Wildman–Crippen MR) is 86.6 cm³/mol. The highest BCUT2D eigenvalue weighted by molar-refractivity contribution is 5.96. The molecule has 0 saturated carbocycles. The number of hydrogen-bond donors (Lipinski definition) is 2. The van der Waals surface area contributed by atoms with Crippen LogP contribution in [-0.2, 0) is 0 Å². The van der Waals surface area contributed by atoms with Gasteiger partial charge in [-0.3, -0.25) is 4.79 Å². The molecule has 0 bridgehead atoms. The second-order valence-corrected chi connectivity index (χ2v) is 5.82. The lowest BCUT2D eigenvalue weighted by molar-refractivity contribution is 0.0704. The highest BCUT2D eigenvalue weighted by Gasteiger charge is 2.27. The number of nitrogens with two attached hydrogens (primary N) is 1. The molecule has 126 valence electrons. The van der Waals surface area contributed by atoms with E-state index in [1.54, 1.807) is 36.1 Å². The fourth-order valence-corrected chi connectivity index (χ4v) is 2.86. The normalized spacial score (nSPS) is 15.3. The van der Waals surface area contributed by atoms with Gasteiger partial charge in [-0.15, -0.1) is 0 Å². The number of aryl methyl sites for hydroxylation is 1. The van der Waals surface area contributed by atoms with Gasteiger partial charge in [0.25, 0.3) is 5.91 Å². The molecular weight excluding hydrogens is 310 g/mol. The Morgan fingerprint density at radius 1 is 1.33 bits per heavy atom. The maximum Gasteiger partial charge on any atom is 0.316 e. The number of nitrogens with zero attached hydrogens (tertiary/aromatic N) is 3. The number of amides is 3. The Balaban J connectivity index is 1.63. The molecular formula is C16H19N5O3. The van der Waals surface area contributed by atoms with Crippen LogP contribution in [0.4, 0.5) is 10.5 Å². The van der Waals surface area contributed by atoms with E-state index in [1.807, 2.05) is 0 Å². The van der Waals surface area contributed by atoms with Crippen LogP contribution in [-0.4, -0.2) is 40.1 Å². The monoisotopic (exact) mass is 329 g/mol. The minimum Gasteiger partial charge on any atom is -0.351 e. The Morgan fingerprint density at radius 3 is 2.71 bits per heavy atom. The Hall–Kier alpha value is -2.90. The van der Waals surface area contributed by atoms with Gasteiger partial charge in [-0.05, 0) is 38.0 Å². The zero-order valence-corrected chi connectivity index (χ0v) is 13.4. The fourth-order valence-electron chi connectivity index (χ4n) is 2.86. The minimum absolute atomic E-state index is 0.0664. The third-order valence-electron chi connectivity index (χ3n) is 4.05. The number of piperidine rings is 1. The maximum atomic E-state index is 12.6. The summed E-state index contributed by atoms with van der Waals surface area (Å²) in [4.78, 5) is 29.6. The molecule has 2 heterocycles. The van der Waals surface area contributed by atoms with Crippen LogP contribution < -0.4 is 11.1 Å². The molecule has 8 nitrogen and oxygen atoms in total. The third kappa shape index (κ3) is 3.53. The maximum absolute atomic E-state index is 12.6. The van der Waals surface area contributed by atoms with Crippen molar-refractivity contribution in [3.63, 3.8) is 0 Å². The molecule has 1 aliphatic heterocycles. The van der Waals surface area contributed by atoms with E-state index in [1.165, 1.54) is 0 Å². The van der Waals surface area contributed by atoms with E-state index >= 15 is 0 Å². The molecule has 3 N–H and O–H groups in total. The standard InChI is InChI=1S/C16H19N5O3/c1-10-18-14(24-20-10)11-5-7-21(8-6-11)15(22)12-3-2-4-13(9-12)19-16(17)23/h2-4,9,11H,5-8H2,1H3,(H3,17,19,23). The van der Waals surface area contributed by atoms with Crippen molar-refractivity contribution in [2.24, 2.45) is 5.73 Å². The fraction of sp³-hybridized carbons (Fsp3) is 0.375. The summed E-state index contributed by atoms with van der Waals surface area (Å²) in [6, 6.07) is 6.09. The Labute approximate surface area is 139 Å². The smallest absolute Gasteiger partial charge is 0.316 e. The van der Waals surface area contributed by atoms with Crippen molar-refractivity contribution in [3.05, 3.63) is 41.5 Å². The van der Waals surface area contributed by atoms with Gasteiger partial charge in [0.2, 0.25) is 5.89 Å². The van der Waals surface area contributed by atoms with Gasteiger partial charge < -0.3 is 20.5 Å². The molecule has 3 amide bonds. The number of nitrogens with one attached hydrogen (secondary N) is 1. The second kappa shape index (κ2) is 6.69.